The molecule has 1 saturated heterocycles. The van der Waals surface area contributed by atoms with E-state index in [1.54, 1.807) is 12.0 Å². The van der Waals surface area contributed by atoms with Crippen molar-refractivity contribution < 1.29 is 14.3 Å². The summed E-state index contributed by atoms with van der Waals surface area (Å²) in [7, 11) is 1.62. The fourth-order valence-corrected chi connectivity index (χ4v) is 2.20. The van der Waals surface area contributed by atoms with Crippen LogP contribution in [0.2, 0.25) is 0 Å². The van der Waals surface area contributed by atoms with E-state index in [9.17, 15) is 9.59 Å². The molecule has 0 aromatic heterocycles. The lowest BCUT2D eigenvalue weighted by Crippen LogP contribution is -2.44. The van der Waals surface area contributed by atoms with Crippen molar-refractivity contribution >= 4 is 11.7 Å². The van der Waals surface area contributed by atoms with Crippen LogP contribution >= 0.6 is 0 Å². The van der Waals surface area contributed by atoms with E-state index in [0.29, 0.717) is 13.0 Å². The first-order chi connectivity index (χ1) is 8.60. The van der Waals surface area contributed by atoms with Gasteiger partial charge >= 0.3 is 0 Å². The van der Waals surface area contributed by atoms with E-state index >= 15 is 0 Å². The molecule has 1 atom stereocenters. The van der Waals surface area contributed by atoms with Crippen molar-refractivity contribution in [3.05, 3.63) is 29.8 Å². The minimum absolute atomic E-state index is 0.0131. The Balaban J connectivity index is 2.07. The van der Waals surface area contributed by atoms with Crippen LogP contribution in [0.3, 0.4) is 0 Å². The molecular weight excluding hydrogens is 230 g/mol. The van der Waals surface area contributed by atoms with Crippen molar-refractivity contribution in [1.82, 2.24) is 4.90 Å². The summed E-state index contributed by atoms with van der Waals surface area (Å²) in [6.45, 7) is 2.47. The molecule has 0 bridgehead atoms. The lowest BCUT2D eigenvalue weighted by molar-refractivity contribution is -0.142. The van der Waals surface area contributed by atoms with Gasteiger partial charge in [0.1, 0.15) is 11.5 Å². The van der Waals surface area contributed by atoms with E-state index < -0.39 is 0 Å². The number of carbonyl (C=O) groups excluding carboxylic acids is 2. The highest BCUT2D eigenvalue weighted by molar-refractivity contribution is 6.00. The first kappa shape index (κ1) is 12.6. The van der Waals surface area contributed by atoms with Gasteiger partial charge in [-0.2, -0.15) is 0 Å². The van der Waals surface area contributed by atoms with Gasteiger partial charge in [0, 0.05) is 19.0 Å². The van der Waals surface area contributed by atoms with Crippen molar-refractivity contribution in [2.45, 2.75) is 32.4 Å². The topological polar surface area (TPSA) is 46.6 Å². The molecule has 1 fully saturated rings. The molecule has 1 heterocycles. The van der Waals surface area contributed by atoms with Gasteiger partial charge in [0.2, 0.25) is 5.91 Å². The summed E-state index contributed by atoms with van der Waals surface area (Å²) in [6.07, 6.45) is 0.502. The van der Waals surface area contributed by atoms with Crippen LogP contribution in [0.25, 0.3) is 0 Å². The Morgan fingerprint density at radius 3 is 2.50 bits per heavy atom. The molecule has 4 heteroatoms. The third-order valence-electron chi connectivity index (χ3n) is 3.24. The van der Waals surface area contributed by atoms with Crippen LogP contribution in [0.1, 0.15) is 25.3 Å². The van der Waals surface area contributed by atoms with Crippen molar-refractivity contribution in [2.24, 2.45) is 0 Å². The highest BCUT2D eigenvalue weighted by atomic mass is 16.5. The smallest absolute Gasteiger partial charge is 0.230 e. The molecular formula is C14H17NO3. The number of rotatable bonds is 3. The van der Waals surface area contributed by atoms with E-state index in [-0.39, 0.29) is 24.2 Å². The summed E-state index contributed by atoms with van der Waals surface area (Å²) in [4.78, 5) is 24.9. The van der Waals surface area contributed by atoms with Gasteiger partial charge in [0.05, 0.1) is 13.5 Å². The number of Topliss-reactive ketones (excluding diaryl/α,β-unsaturated/α-hetero) is 1. The van der Waals surface area contributed by atoms with Crippen LogP contribution in [0.5, 0.6) is 5.75 Å². The van der Waals surface area contributed by atoms with E-state index in [0.717, 1.165) is 11.3 Å². The Bertz CT molecular complexity index is 453. The van der Waals surface area contributed by atoms with E-state index in [1.165, 1.54) is 0 Å². The standard InChI is InChI=1S/C14H17NO3/c1-10-7-12(16)8-14(17)15(10)9-11-3-5-13(18-2)6-4-11/h3-6,10H,7-9H2,1-2H3/t10-/m0/s1. The summed E-state index contributed by atoms with van der Waals surface area (Å²) in [5.41, 5.74) is 1.05. The van der Waals surface area contributed by atoms with Gasteiger partial charge in [-0.15, -0.1) is 0 Å². The Kier molecular flexibility index (Phi) is 3.65. The maximum absolute atomic E-state index is 11.8. The van der Waals surface area contributed by atoms with Crippen LogP contribution in [0.15, 0.2) is 24.3 Å². The third kappa shape index (κ3) is 2.70. The molecule has 18 heavy (non-hydrogen) atoms. The first-order valence-corrected chi connectivity index (χ1v) is 6.04. The summed E-state index contributed by atoms with van der Waals surface area (Å²) < 4.78 is 5.09. The van der Waals surface area contributed by atoms with E-state index in [4.69, 9.17) is 4.74 Å². The molecule has 1 aromatic carbocycles. The molecule has 96 valence electrons. The van der Waals surface area contributed by atoms with Gasteiger partial charge in [0.15, 0.2) is 0 Å². The molecule has 2 rings (SSSR count). The molecule has 1 aliphatic heterocycles. The van der Waals surface area contributed by atoms with Crippen molar-refractivity contribution in [3.8, 4) is 5.75 Å². The number of piperidine rings is 1. The maximum Gasteiger partial charge on any atom is 0.230 e. The zero-order valence-electron chi connectivity index (χ0n) is 10.7. The number of carbonyl (C=O) groups is 2. The maximum atomic E-state index is 11.8. The van der Waals surface area contributed by atoms with Crippen molar-refractivity contribution in [1.29, 1.82) is 0 Å². The van der Waals surface area contributed by atoms with Crippen LogP contribution in [-0.4, -0.2) is 29.7 Å². The monoisotopic (exact) mass is 247 g/mol. The third-order valence-corrected chi connectivity index (χ3v) is 3.24. The Morgan fingerprint density at radius 2 is 1.94 bits per heavy atom. The number of ether oxygens (including phenoxy) is 1. The second-order valence-electron chi connectivity index (χ2n) is 4.64. The predicted octanol–water partition coefficient (Wildman–Crippen LogP) is 1.78. The number of nitrogens with zero attached hydrogens (tertiary/aromatic N) is 1. The summed E-state index contributed by atoms with van der Waals surface area (Å²) in [5.74, 6) is 0.764. The summed E-state index contributed by atoms with van der Waals surface area (Å²) in [5, 5.41) is 0. The normalized spacial score (nSPS) is 20.1. The average Bonchev–Trinajstić information content (AvgIpc) is 2.34. The van der Waals surface area contributed by atoms with Crippen molar-refractivity contribution in [2.75, 3.05) is 7.11 Å². The van der Waals surface area contributed by atoms with Crippen LogP contribution in [0.4, 0.5) is 0 Å². The van der Waals surface area contributed by atoms with Gasteiger partial charge in [-0.05, 0) is 24.6 Å². The van der Waals surface area contributed by atoms with Gasteiger partial charge in [-0.3, -0.25) is 9.59 Å². The fraction of sp³-hybridized carbons (Fsp3) is 0.429. The quantitative estimate of drug-likeness (QED) is 0.765. The van der Waals surface area contributed by atoms with E-state index in [2.05, 4.69) is 0 Å². The molecule has 4 nitrogen and oxygen atoms in total. The number of hydrogen-bond acceptors (Lipinski definition) is 3. The molecule has 0 saturated carbocycles. The van der Waals surface area contributed by atoms with Gasteiger partial charge < -0.3 is 9.64 Å². The van der Waals surface area contributed by atoms with Gasteiger partial charge in [-0.1, -0.05) is 12.1 Å². The highest BCUT2D eigenvalue weighted by Gasteiger charge is 2.29. The molecule has 1 amide bonds. The summed E-state index contributed by atoms with van der Waals surface area (Å²) in [6, 6.07) is 7.62. The first-order valence-electron chi connectivity index (χ1n) is 6.04. The lowest BCUT2D eigenvalue weighted by atomic mass is 10.0. The Hall–Kier alpha value is -1.84. The molecule has 0 N–H and O–H groups in total. The minimum Gasteiger partial charge on any atom is -0.497 e. The lowest BCUT2D eigenvalue weighted by Gasteiger charge is -2.32. The largest absolute Gasteiger partial charge is 0.497 e. The number of likely N-dealkylation sites (tertiary alicyclic amines) is 1. The number of methoxy groups -OCH3 is 1. The molecule has 1 aliphatic rings. The van der Waals surface area contributed by atoms with Crippen LogP contribution in [0, 0.1) is 0 Å². The van der Waals surface area contributed by atoms with Crippen molar-refractivity contribution in [3.63, 3.8) is 0 Å². The molecule has 0 spiro atoms. The highest BCUT2D eigenvalue weighted by Crippen LogP contribution is 2.19. The van der Waals surface area contributed by atoms with Crippen LogP contribution < -0.4 is 4.74 Å². The Morgan fingerprint density at radius 1 is 1.28 bits per heavy atom. The SMILES string of the molecule is COc1ccc(CN2C(=O)CC(=O)C[C@@H]2C)cc1. The minimum atomic E-state index is -0.0745. The van der Waals surface area contributed by atoms with E-state index in [1.807, 2.05) is 31.2 Å². The second kappa shape index (κ2) is 5.21. The van der Waals surface area contributed by atoms with Crippen LogP contribution in [-0.2, 0) is 16.1 Å². The summed E-state index contributed by atoms with van der Waals surface area (Å²) >= 11 is 0. The molecule has 0 aliphatic carbocycles. The second-order valence-corrected chi connectivity index (χ2v) is 4.64. The molecule has 1 aromatic rings. The predicted molar refractivity (Wildman–Crippen MR) is 67.2 cm³/mol. The fourth-order valence-electron chi connectivity index (χ4n) is 2.20. The number of ketones is 1. The number of hydrogen-bond donors (Lipinski definition) is 0. The zero-order valence-corrected chi connectivity index (χ0v) is 10.7. The zero-order chi connectivity index (χ0) is 13.1. The molecule has 0 radical (unpaired) electrons. The van der Waals surface area contributed by atoms with Gasteiger partial charge in [-0.25, -0.2) is 0 Å². The average molecular weight is 247 g/mol. The molecule has 0 unspecified atom stereocenters. The number of amides is 1. The number of benzene rings is 1. The Labute approximate surface area is 107 Å². The van der Waals surface area contributed by atoms with Gasteiger partial charge in [0.25, 0.3) is 0 Å².